The van der Waals surface area contributed by atoms with E-state index in [0.717, 1.165) is 11.3 Å². The molecule has 0 bridgehead atoms. The van der Waals surface area contributed by atoms with E-state index in [9.17, 15) is 9.59 Å². The number of amides is 2. The van der Waals surface area contributed by atoms with Crippen LogP contribution in [0.2, 0.25) is 0 Å². The van der Waals surface area contributed by atoms with Crippen molar-refractivity contribution < 1.29 is 14.0 Å². The summed E-state index contributed by atoms with van der Waals surface area (Å²) in [4.78, 5) is 23.0. The first-order valence-electron chi connectivity index (χ1n) is 8.12. The maximum absolute atomic E-state index is 12.0. The summed E-state index contributed by atoms with van der Waals surface area (Å²) in [5.74, 6) is 0.937. The zero-order valence-electron chi connectivity index (χ0n) is 14.2. The van der Waals surface area contributed by atoms with Crippen molar-refractivity contribution in [1.82, 2.24) is 0 Å². The van der Waals surface area contributed by atoms with Gasteiger partial charge in [0.2, 0.25) is 11.8 Å². The number of benzene rings is 2. The lowest BCUT2D eigenvalue weighted by Crippen LogP contribution is -2.08. The van der Waals surface area contributed by atoms with Crippen LogP contribution in [0.1, 0.15) is 12.7 Å². The Labute approximate surface area is 151 Å². The number of nitrogens with one attached hydrogen (secondary N) is 2. The van der Waals surface area contributed by atoms with Crippen LogP contribution in [0.4, 0.5) is 11.4 Å². The molecule has 0 aliphatic heterocycles. The van der Waals surface area contributed by atoms with Gasteiger partial charge in [-0.1, -0.05) is 30.3 Å². The van der Waals surface area contributed by atoms with E-state index < -0.39 is 0 Å². The number of hydrogen-bond acceptors (Lipinski definition) is 3. The van der Waals surface area contributed by atoms with E-state index >= 15 is 0 Å². The molecule has 1 heterocycles. The Morgan fingerprint density at radius 3 is 2.15 bits per heavy atom. The highest BCUT2D eigenvalue weighted by Gasteiger charge is 2.03. The van der Waals surface area contributed by atoms with Gasteiger partial charge in [-0.05, 0) is 42.5 Å². The van der Waals surface area contributed by atoms with Crippen molar-refractivity contribution in [2.24, 2.45) is 0 Å². The molecule has 0 saturated heterocycles. The highest BCUT2D eigenvalue weighted by atomic mass is 16.3. The third kappa shape index (κ3) is 4.70. The third-order valence-corrected chi connectivity index (χ3v) is 3.56. The van der Waals surface area contributed by atoms with Crippen LogP contribution in [-0.2, 0) is 9.59 Å². The van der Waals surface area contributed by atoms with Crippen molar-refractivity contribution in [2.45, 2.75) is 6.92 Å². The van der Waals surface area contributed by atoms with Crippen LogP contribution in [0.3, 0.4) is 0 Å². The summed E-state index contributed by atoms with van der Waals surface area (Å²) in [7, 11) is 0. The molecular formula is C21H18N2O3. The fourth-order valence-electron chi connectivity index (χ4n) is 2.38. The number of furan rings is 1. The van der Waals surface area contributed by atoms with Gasteiger partial charge in [-0.2, -0.15) is 0 Å². The van der Waals surface area contributed by atoms with Gasteiger partial charge in [0.05, 0.1) is 0 Å². The molecule has 26 heavy (non-hydrogen) atoms. The van der Waals surface area contributed by atoms with E-state index in [-0.39, 0.29) is 11.8 Å². The molecule has 0 atom stereocenters. The molecule has 0 radical (unpaired) electrons. The SMILES string of the molecule is CC(=O)Nc1ccc(NC(=O)/C=C/c2ccc(-c3ccccc3)o2)cc1. The fourth-order valence-corrected chi connectivity index (χ4v) is 2.38. The van der Waals surface area contributed by atoms with Gasteiger partial charge in [0.25, 0.3) is 0 Å². The summed E-state index contributed by atoms with van der Waals surface area (Å²) in [6, 6.07) is 20.3. The second kappa shape index (κ2) is 7.98. The van der Waals surface area contributed by atoms with E-state index in [2.05, 4.69) is 10.6 Å². The predicted molar refractivity (Wildman–Crippen MR) is 103 cm³/mol. The van der Waals surface area contributed by atoms with Gasteiger partial charge in [0.15, 0.2) is 0 Å². The van der Waals surface area contributed by atoms with Crippen molar-refractivity contribution in [3.8, 4) is 11.3 Å². The minimum atomic E-state index is -0.269. The van der Waals surface area contributed by atoms with E-state index in [0.29, 0.717) is 17.1 Å². The van der Waals surface area contributed by atoms with E-state index in [1.54, 1.807) is 30.3 Å². The largest absolute Gasteiger partial charge is 0.457 e. The minimum Gasteiger partial charge on any atom is -0.457 e. The molecule has 130 valence electrons. The van der Waals surface area contributed by atoms with Crippen LogP contribution in [0.5, 0.6) is 0 Å². The monoisotopic (exact) mass is 346 g/mol. The van der Waals surface area contributed by atoms with Crippen LogP contribution in [0.15, 0.2) is 77.2 Å². The molecule has 1 aromatic heterocycles. The number of carbonyl (C=O) groups excluding carboxylic acids is 2. The summed E-state index contributed by atoms with van der Waals surface area (Å²) in [5, 5.41) is 5.42. The Hall–Kier alpha value is -3.60. The summed E-state index contributed by atoms with van der Waals surface area (Å²) in [5.41, 5.74) is 2.30. The second-order valence-electron chi connectivity index (χ2n) is 5.65. The first-order valence-corrected chi connectivity index (χ1v) is 8.12. The lowest BCUT2D eigenvalue weighted by atomic mass is 10.2. The van der Waals surface area contributed by atoms with E-state index in [1.165, 1.54) is 13.0 Å². The van der Waals surface area contributed by atoms with E-state index in [4.69, 9.17) is 4.42 Å². The number of carbonyl (C=O) groups is 2. The van der Waals surface area contributed by atoms with Crippen LogP contribution in [-0.4, -0.2) is 11.8 Å². The van der Waals surface area contributed by atoms with Crippen LogP contribution in [0.25, 0.3) is 17.4 Å². The van der Waals surface area contributed by atoms with E-state index in [1.807, 2.05) is 42.5 Å². The highest BCUT2D eigenvalue weighted by Crippen LogP contribution is 2.22. The van der Waals surface area contributed by atoms with Crippen LogP contribution >= 0.6 is 0 Å². The van der Waals surface area contributed by atoms with Gasteiger partial charge in [-0.25, -0.2) is 0 Å². The standard InChI is InChI=1S/C21H18N2O3/c1-15(24)22-17-7-9-18(10-8-17)23-21(25)14-12-19-11-13-20(26-19)16-5-3-2-4-6-16/h2-14H,1H3,(H,22,24)(H,23,25)/b14-12+. The Morgan fingerprint density at radius 1 is 0.846 bits per heavy atom. The Morgan fingerprint density at radius 2 is 1.50 bits per heavy atom. The maximum Gasteiger partial charge on any atom is 0.248 e. The molecule has 0 fully saturated rings. The predicted octanol–water partition coefficient (Wildman–Crippen LogP) is 4.56. The Bertz CT molecular complexity index is 925. The lowest BCUT2D eigenvalue weighted by molar-refractivity contribution is -0.114. The number of hydrogen-bond donors (Lipinski definition) is 2. The summed E-state index contributed by atoms with van der Waals surface area (Å²) < 4.78 is 5.72. The maximum atomic E-state index is 12.0. The van der Waals surface area contributed by atoms with Crippen LogP contribution < -0.4 is 10.6 Å². The van der Waals surface area contributed by atoms with Crippen molar-refractivity contribution >= 4 is 29.3 Å². The van der Waals surface area contributed by atoms with Crippen molar-refractivity contribution in [3.63, 3.8) is 0 Å². The van der Waals surface area contributed by atoms with Crippen molar-refractivity contribution in [2.75, 3.05) is 10.6 Å². The average molecular weight is 346 g/mol. The number of anilines is 2. The zero-order valence-corrected chi connectivity index (χ0v) is 14.2. The molecule has 0 spiro atoms. The summed E-state index contributed by atoms with van der Waals surface area (Å²) >= 11 is 0. The highest BCUT2D eigenvalue weighted by molar-refractivity contribution is 6.02. The number of rotatable bonds is 5. The molecule has 5 heteroatoms. The molecule has 0 aliphatic rings. The first-order chi connectivity index (χ1) is 12.6. The summed E-state index contributed by atoms with van der Waals surface area (Å²) in [6.07, 6.45) is 3.03. The summed E-state index contributed by atoms with van der Waals surface area (Å²) in [6.45, 7) is 1.44. The molecule has 2 aromatic carbocycles. The zero-order chi connectivity index (χ0) is 18.4. The van der Waals surface area contributed by atoms with Gasteiger partial charge in [0, 0.05) is 29.9 Å². The molecule has 3 rings (SSSR count). The van der Waals surface area contributed by atoms with Gasteiger partial charge < -0.3 is 15.1 Å². The van der Waals surface area contributed by atoms with Crippen molar-refractivity contribution in [3.05, 3.63) is 78.6 Å². The van der Waals surface area contributed by atoms with Gasteiger partial charge in [-0.3, -0.25) is 9.59 Å². The molecule has 2 N–H and O–H groups in total. The lowest BCUT2D eigenvalue weighted by Gasteiger charge is -2.04. The fraction of sp³-hybridized carbons (Fsp3) is 0.0476. The molecule has 0 aliphatic carbocycles. The first kappa shape index (κ1) is 17.2. The minimum absolute atomic E-state index is 0.141. The van der Waals surface area contributed by atoms with Crippen LogP contribution in [0, 0.1) is 0 Å². The normalized spacial score (nSPS) is 10.7. The molecule has 3 aromatic rings. The molecule has 2 amide bonds. The van der Waals surface area contributed by atoms with Crippen molar-refractivity contribution in [1.29, 1.82) is 0 Å². The third-order valence-electron chi connectivity index (χ3n) is 3.56. The second-order valence-corrected chi connectivity index (χ2v) is 5.65. The Balaban J connectivity index is 1.59. The molecule has 5 nitrogen and oxygen atoms in total. The average Bonchev–Trinajstić information content (AvgIpc) is 3.11. The molecule has 0 unspecified atom stereocenters. The molecule has 0 saturated carbocycles. The van der Waals surface area contributed by atoms with Gasteiger partial charge in [0.1, 0.15) is 11.5 Å². The van der Waals surface area contributed by atoms with Gasteiger partial charge >= 0.3 is 0 Å². The molecular weight excluding hydrogens is 328 g/mol. The Kier molecular flexibility index (Phi) is 5.29. The smallest absolute Gasteiger partial charge is 0.248 e. The topological polar surface area (TPSA) is 71.3 Å². The van der Waals surface area contributed by atoms with Gasteiger partial charge in [-0.15, -0.1) is 0 Å². The quantitative estimate of drug-likeness (QED) is 0.666.